The summed E-state index contributed by atoms with van der Waals surface area (Å²) in [6.07, 6.45) is 4.23. The van der Waals surface area contributed by atoms with Crippen molar-refractivity contribution in [2.75, 3.05) is 36.9 Å². The van der Waals surface area contributed by atoms with Gasteiger partial charge in [0, 0.05) is 32.8 Å². The van der Waals surface area contributed by atoms with Crippen molar-refractivity contribution in [3.05, 3.63) is 48.8 Å². The molecule has 0 bridgehead atoms. The SMILES string of the molecule is CCN(C)c1ccccc1NC(=O)N1CC[C@@H](Oc2cccnc2)C1. The second-order valence-electron chi connectivity index (χ2n) is 6.12. The summed E-state index contributed by atoms with van der Waals surface area (Å²) in [4.78, 5) is 20.6. The zero-order valence-corrected chi connectivity index (χ0v) is 14.7. The minimum atomic E-state index is -0.0887. The van der Waals surface area contributed by atoms with Crippen molar-refractivity contribution in [3.8, 4) is 5.75 Å². The van der Waals surface area contributed by atoms with Gasteiger partial charge < -0.3 is 19.9 Å². The molecule has 1 atom stereocenters. The molecule has 2 amide bonds. The number of anilines is 2. The molecule has 3 rings (SSSR count). The number of amides is 2. The molecular weight excluding hydrogens is 316 g/mol. The van der Waals surface area contributed by atoms with Crippen LogP contribution in [0.1, 0.15) is 13.3 Å². The Balaban J connectivity index is 1.60. The molecule has 1 N–H and O–H groups in total. The fourth-order valence-electron chi connectivity index (χ4n) is 2.89. The molecule has 0 radical (unpaired) electrons. The highest BCUT2D eigenvalue weighted by Crippen LogP contribution is 2.25. The van der Waals surface area contributed by atoms with E-state index in [4.69, 9.17) is 4.74 Å². The minimum absolute atomic E-state index is 0.00325. The van der Waals surface area contributed by atoms with Crippen LogP contribution in [0.15, 0.2) is 48.8 Å². The van der Waals surface area contributed by atoms with Crippen LogP contribution in [-0.2, 0) is 0 Å². The van der Waals surface area contributed by atoms with Gasteiger partial charge in [-0.15, -0.1) is 0 Å². The summed E-state index contributed by atoms with van der Waals surface area (Å²) in [6, 6.07) is 11.5. The number of likely N-dealkylation sites (tertiary alicyclic amines) is 1. The molecule has 6 heteroatoms. The molecule has 2 heterocycles. The normalized spacial score (nSPS) is 16.6. The third-order valence-electron chi connectivity index (χ3n) is 4.40. The quantitative estimate of drug-likeness (QED) is 0.908. The van der Waals surface area contributed by atoms with Crippen molar-refractivity contribution >= 4 is 17.4 Å². The van der Waals surface area contributed by atoms with Gasteiger partial charge in [-0.05, 0) is 31.2 Å². The van der Waals surface area contributed by atoms with Crippen LogP contribution in [0.4, 0.5) is 16.2 Å². The van der Waals surface area contributed by atoms with Gasteiger partial charge in [0.25, 0.3) is 0 Å². The fraction of sp³-hybridized carbons (Fsp3) is 0.368. The maximum absolute atomic E-state index is 12.6. The summed E-state index contributed by atoms with van der Waals surface area (Å²) in [5.41, 5.74) is 1.84. The van der Waals surface area contributed by atoms with Gasteiger partial charge in [0.15, 0.2) is 0 Å². The van der Waals surface area contributed by atoms with Crippen molar-refractivity contribution in [1.29, 1.82) is 0 Å². The fourth-order valence-corrected chi connectivity index (χ4v) is 2.89. The average molecular weight is 340 g/mol. The molecular formula is C19H24N4O2. The van der Waals surface area contributed by atoms with Crippen LogP contribution >= 0.6 is 0 Å². The van der Waals surface area contributed by atoms with Crippen LogP contribution in [0.3, 0.4) is 0 Å². The average Bonchev–Trinajstić information content (AvgIpc) is 3.11. The van der Waals surface area contributed by atoms with Crippen molar-refractivity contribution in [3.63, 3.8) is 0 Å². The smallest absolute Gasteiger partial charge is 0.322 e. The summed E-state index contributed by atoms with van der Waals surface area (Å²) in [7, 11) is 2.01. The van der Waals surface area contributed by atoms with Gasteiger partial charge in [-0.25, -0.2) is 4.79 Å². The van der Waals surface area contributed by atoms with E-state index >= 15 is 0 Å². The lowest BCUT2D eigenvalue weighted by atomic mass is 10.2. The lowest BCUT2D eigenvalue weighted by Gasteiger charge is -2.23. The lowest BCUT2D eigenvalue weighted by molar-refractivity contribution is 0.194. The molecule has 132 valence electrons. The van der Waals surface area contributed by atoms with E-state index in [1.54, 1.807) is 17.3 Å². The van der Waals surface area contributed by atoms with Gasteiger partial charge >= 0.3 is 6.03 Å². The molecule has 1 fully saturated rings. The van der Waals surface area contributed by atoms with Crippen molar-refractivity contribution in [2.45, 2.75) is 19.4 Å². The van der Waals surface area contributed by atoms with Crippen LogP contribution in [0, 0.1) is 0 Å². The Kier molecular flexibility index (Phi) is 5.38. The summed E-state index contributed by atoms with van der Waals surface area (Å²) in [6.45, 7) is 4.21. The van der Waals surface area contributed by atoms with E-state index in [-0.39, 0.29) is 12.1 Å². The molecule has 0 spiro atoms. The van der Waals surface area contributed by atoms with E-state index in [9.17, 15) is 4.79 Å². The number of benzene rings is 1. The molecule has 2 aromatic rings. The van der Waals surface area contributed by atoms with Gasteiger partial charge in [0.05, 0.1) is 24.1 Å². The van der Waals surface area contributed by atoms with E-state index in [0.717, 1.165) is 30.1 Å². The maximum atomic E-state index is 12.6. The van der Waals surface area contributed by atoms with Crippen molar-refractivity contribution in [1.82, 2.24) is 9.88 Å². The molecule has 0 unspecified atom stereocenters. The van der Waals surface area contributed by atoms with Gasteiger partial charge in [0.2, 0.25) is 0 Å². The third-order valence-corrected chi connectivity index (χ3v) is 4.40. The Morgan fingerprint density at radius 2 is 2.20 bits per heavy atom. The molecule has 25 heavy (non-hydrogen) atoms. The topological polar surface area (TPSA) is 57.7 Å². The van der Waals surface area contributed by atoms with E-state index in [1.165, 1.54) is 0 Å². The lowest BCUT2D eigenvalue weighted by Crippen LogP contribution is -2.35. The van der Waals surface area contributed by atoms with Gasteiger partial charge in [-0.1, -0.05) is 12.1 Å². The number of carbonyl (C=O) groups excluding carboxylic acids is 1. The molecule has 1 saturated heterocycles. The number of urea groups is 1. The Labute approximate surface area is 148 Å². The monoisotopic (exact) mass is 340 g/mol. The number of hydrogen-bond donors (Lipinski definition) is 1. The first-order valence-corrected chi connectivity index (χ1v) is 8.60. The Bertz CT molecular complexity index is 708. The third kappa shape index (κ3) is 4.21. The van der Waals surface area contributed by atoms with E-state index in [2.05, 4.69) is 22.1 Å². The van der Waals surface area contributed by atoms with Crippen LogP contribution in [0.5, 0.6) is 5.75 Å². The van der Waals surface area contributed by atoms with Crippen molar-refractivity contribution in [2.24, 2.45) is 0 Å². The highest BCUT2D eigenvalue weighted by atomic mass is 16.5. The molecule has 0 aliphatic carbocycles. The zero-order chi connectivity index (χ0) is 17.6. The molecule has 6 nitrogen and oxygen atoms in total. The number of pyridine rings is 1. The highest BCUT2D eigenvalue weighted by molar-refractivity contribution is 5.93. The minimum Gasteiger partial charge on any atom is -0.487 e. The standard InChI is InChI=1S/C19H24N4O2/c1-3-22(2)18-9-5-4-8-17(18)21-19(24)23-12-10-16(14-23)25-15-7-6-11-20-13-15/h4-9,11,13,16H,3,10,12,14H2,1-2H3,(H,21,24)/t16-/m1/s1. The van der Waals surface area contributed by atoms with Crippen LogP contribution in [-0.4, -0.2) is 48.7 Å². The van der Waals surface area contributed by atoms with Crippen LogP contribution in [0.25, 0.3) is 0 Å². The Morgan fingerprint density at radius 3 is 2.96 bits per heavy atom. The molecule has 1 aliphatic rings. The number of nitrogens with zero attached hydrogens (tertiary/aromatic N) is 3. The second-order valence-corrected chi connectivity index (χ2v) is 6.12. The largest absolute Gasteiger partial charge is 0.487 e. The Morgan fingerprint density at radius 1 is 1.36 bits per heavy atom. The number of ether oxygens (including phenoxy) is 1. The predicted molar refractivity (Wildman–Crippen MR) is 99.2 cm³/mol. The predicted octanol–water partition coefficient (Wildman–Crippen LogP) is 3.22. The van der Waals surface area contributed by atoms with Gasteiger partial charge in [-0.3, -0.25) is 4.98 Å². The first kappa shape index (κ1) is 17.1. The number of nitrogens with one attached hydrogen (secondary N) is 1. The van der Waals surface area contributed by atoms with Crippen LogP contribution in [0.2, 0.25) is 0 Å². The van der Waals surface area contributed by atoms with Crippen LogP contribution < -0.4 is 15.0 Å². The Hall–Kier alpha value is -2.76. The number of aromatic nitrogens is 1. The zero-order valence-electron chi connectivity index (χ0n) is 14.7. The highest BCUT2D eigenvalue weighted by Gasteiger charge is 2.28. The second kappa shape index (κ2) is 7.88. The molecule has 1 aliphatic heterocycles. The van der Waals surface area contributed by atoms with Gasteiger partial charge in [0.1, 0.15) is 11.9 Å². The maximum Gasteiger partial charge on any atom is 0.322 e. The van der Waals surface area contributed by atoms with E-state index in [1.807, 2.05) is 43.4 Å². The number of rotatable bonds is 5. The van der Waals surface area contributed by atoms with E-state index < -0.39 is 0 Å². The summed E-state index contributed by atoms with van der Waals surface area (Å²) < 4.78 is 5.89. The first-order chi connectivity index (χ1) is 12.2. The molecule has 0 saturated carbocycles. The number of hydrogen-bond acceptors (Lipinski definition) is 4. The van der Waals surface area contributed by atoms with E-state index in [0.29, 0.717) is 13.1 Å². The number of para-hydroxylation sites is 2. The summed E-state index contributed by atoms with van der Waals surface area (Å²) in [5, 5.41) is 3.03. The van der Waals surface area contributed by atoms with Gasteiger partial charge in [-0.2, -0.15) is 0 Å². The first-order valence-electron chi connectivity index (χ1n) is 8.60. The molecule has 1 aromatic carbocycles. The molecule has 1 aromatic heterocycles. The van der Waals surface area contributed by atoms with Crippen molar-refractivity contribution < 1.29 is 9.53 Å². The summed E-state index contributed by atoms with van der Waals surface area (Å²) >= 11 is 0. The number of carbonyl (C=O) groups is 1. The summed E-state index contributed by atoms with van der Waals surface area (Å²) in [5.74, 6) is 0.740.